The summed E-state index contributed by atoms with van der Waals surface area (Å²) in [4.78, 5) is 12.0. The number of non-ortho nitro benzene ring substituents is 1. The van der Waals surface area contributed by atoms with E-state index in [0.717, 1.165) is 6.07 Å². The van der Waals surface area contributed by atoms with Crippen molar-refractivity contribution in [3.05, 3.63) is 33.9 Å². The van der Waals surface area contributed by atoms with Crippen LogP contribution in [-0.4, -0.2) is 46.5 Å². The zero-order chi connectivity index (χ0) is 14.0. The lowest BCUT2D eigenvalue weighted by Crippen LogP contribution is -2.36. The van der Waals surface area contributed by atoms with Crippen LogP contribution in [-0.2, 0) is 10.7 Å². The Kier molecular flexibility index (Phi) is 3.67. The summed E-state index contributed by atoms with van der Waals surface area (Å²) < 4.78 is 5.17. The van der Waals surface area contributed by atoms with E-state index in [2.05, 4.69) is 0 Å². The normalized spacial score (nSPS) is 16.5. The number of anilines is 1. The molecule has 3 N–H and O–H groups in total. The summed E-state index contributed by atoms with van der Waals surface area (Å²) in [5, 5.41) is 38.3. The smallest absolute Gasteiger partial charge is 0.304 e. The maximum atomic E-state index is 10.8. The van der Waals surface area contributed by atoms with E-state index in [-0.39, 0.29) is 11.3 Å². The average molecular weight is 270 g/mol. The molecule has 0 amide bonds. The molecule has 104 valence electrons. The van der Waals surface area contributed by atoms with E-state index in [1.54, 1.807) is 0 Å². The minimum Gasteiger partial charge on any atom is -0.378 e. The standard InChI is InChI=1S/C11H14N2O6/c14-11(15,16)8-5-9(7-10(6-8)13(17)18)12-1-3-19-4-2-12/h5-7,14-16H,1-4H2. The van der Waals surface area contributed by atoms with Gasteiger partial charge in [0.25, 0.3) is 5.69 Å². The minimum atomic E-state index is -3.10. The molecule has 19 heavy (non-hydrogen) atoms. The maximum absolute atomic E-state index is 10.8. The number of hydrogen-bond donors (Lipinski definition) is 3. The number of benzene rings is 1. The van der Waals surface area contributed by atoms with Crippen molar-refractivity contribution in [3.63, 3.8) is 0 Å². The number of aliphatic hydroxyl groups is 3. The molecular formula is C11H14N2O6. The monoisotopic (exact) mass is 270 g/mol. The van der Waals surface area contributed by atoms with Crippen LogP contribution in [0.3, 0.4) is 0 Å². The molecule has 0 aromatic heterocycles. The van der Waals surface area contributed by atoms with Crippen LogP contribution in [0.2, 0.25) is 0 Å². The summed E-state index contributed by atoms with van der Waals surface area (Å²) in [6.45, 7) is 2.05. The molecule has 1 fully saturated rings. The van der Waals surface area contributed by atoms with E-state index in [4.69, 9.17) is 20.1 Å². The van der Waals surface area contributed by atoms with Crippen LogP contribution in [0.1, 0.15) is 5.56 Å². The molecule has 0 saturated carbocycles. The molecule has 8 heteroatoms. The van der Waals surface area contributed by atoms with Gasteiger partial charge < -0.3 is 25.0 Å². The highest BCUT2D eigenvalue weighted by Crippen LogP contribution is 2.28. The van der Waals surface area contributed by atoms with E-state index in [0.29, 0.717) is 32.0 Å². The summed E-state index contributed by atoms with van der Waals surface area (Å²) in [5.74, 6) is -3.10. The first-order valence-electron chi connectivity index (χ1n) is 5.68. The molecule has 1 aliphatic heterocycles. The van der Waals surface area contributed by atoms with Gasteiger partial charge >= 0.3 is 5.97 Å². The van der Waals surface area contributed by atoms with Gasteiger partial charge in [-0.1, -0.05) is 0 Å². The highest BCUT2D eigenvalue weighted by molar-refractivity contribution is 5.56. The first-order chi connectivity index (χ1) is 8.88. The van der Waals surface area contributed by atoms with E-state index in [1.807, 2.05) is 4.90 Å². The second-order valence-corrected chi connectivity index (χ2v) is 4.23. The maximum Gasteiger partial charge on any atom is 0.304 e. The van der Waals surface area contributed by atoms with Crippen molar-refractivity contribution < 1.29 is 25.0 Å². The van der Waals surface area contributed by atoms with Crippen LogP contribution in [0.4, 0.5) is 11.4 Å². The lowest BCUT2D eigenvalue weighted by molar-refractivity contribution is -0.385. The fourth-order valence-electron chi connectivity index (χ4n) is 1.90. The molecule has 0 bridgehead atoms. The summed E-state index contributed by atoms with van der Waals surface area (Å²) >= 11 is 0. The number of ether oxygens (including phenoxy) is 1. The van der Waals surface area contributed by atoms with Gasteiger partial charge in [0.1, 0.15) is 0 Å². The van der Waals surface area contributed by atoms with Crippen molar-refractivity contribution >= 4 is 11.4 Å². The van der Waals surface area contributed by atoms with Crippen LogP contribution in [0.5, 0.6) is 0 Å². The van der Waals surface area contributed by atoms with Gasteiger partial charge in [-0.3, -0.25) is 10.1 Å². The van der Waals surface area contributed by atoms with E-state index in [9.17, 15) is 10.1 Å². The minimum absolute atomic E-state index is 0.319. The Bertz CT molecular complexity index is 479. The van der Waals surface area contributed by atoms with E-state index in [1.165, 1.54) is 12.1 Å². The topological polar surface area (TPSA) is 116 Å². The van der Waals surface area contributed by atoms with Crippen molar-refractivity contribution in [1.82, 2.24) is 0 Å². The lowest BCUT2D eigenvalue weighted by Gasteiger charge is -2.29. The van der Waals surface area contributed by atoms with Crippen molar-refractivity contribution in [1.29, 1.82) is 0 Å². The van der Waals surface area contributed by atoms with Crippen LogP contribution < -0.4 is 4.90 Å². The Morgan fingerprint density at radius 1 is 1.21 bits per heavy atom. The van der Waals surface area contributed by atoms with Gasteiger partial charge in [-0.15, -0.1) is 0 Å². The van der Waals surface area contributed by atoms with Crippen molar-refractivity contribution in [2.24, 2.45) is 0 Å². The van der Waals surface area contributed by atoms with Gasteiger partial charge in [0.05, 0.1) is 18.1 Å². The molecule has 0 atom stereocenters. The van der Waals surface area contributed by atoms with Gasteiger partial charge in [-0.2, -0.15) is 0 Å². The van der Waals surface area contributed by atoms with Crippen LogP contribution >= 0.6 is 0 Å². The second-order valence-electron chi connectivity index (χ2n) is 4.23. The van der Waals surface area contributed by atoms with Crippen molar-refractivity contribution in [3.8, 4) is 0 Å². The Balaban J connectivity index is 2.41. The third-order valence-electron chi connectivity index (χ3n) is 2.88. The number of rotatable bonds is 3. The summed E-state index contributed by atoms with van der Waals surface area (Å²) in [6.07, 6.45) is 0. The lowest BCUT2D eigenvalue weighted by atomic mass is 10.1. The number of nitro groups is 1. The molecule has 8 nitrogen and oxygen atoms in total. The number of nitrogens with zero attached hydrogens (tertiary/aromatic N) is 2. The molecule has 1 aromatic carbocycles. The molecule has 1 aliphatic rings. The average Bonchev–Trinajstić information content (AvgIpc) is 2.38. The first-order valence-corrected chi connectivity index (χ1v) is 5.68. The molecule has 0 unspecified atom stereocenters. The van der Waals surface area contributed by atoms with Crippen LogP contribution in [0.15, 0.2) is 18.2 Å². The van der Waals surface area contributed by atoms with Gasteiger partial charge in [0.2, 0.25) is 0 Å². The van der Waals surface area contributed by atoms with Crippen LogP contribution in [0.25, 0.3) is 0 Å². The second kappa shape index (κ2) is 5.10. The number of nitro benzene ring substituents is 1. The van der Waals surface area contributed by atoms with Gasteiger partial charge in [-0.05, 0) is 6.07 Å². The Morgan fingerprint density at radius 3 is 2.37 bits per heavy atom. The molecule has 2 rings (SSSR count). The molecule has 0 aliphatic carbocycles. The Hall–Kier alpha value is -1.74. The molecular weight excluding hydrogens is 256 g/mol. The third-order valence-corrected chi connectivity index (χ3v) is 2.88. The quantitative estimate of drug-likeness (QED) is 0.386. The van der Waals surface area contributed by atoms with Gasteiger partial charge in [-0.25, -0.2) is 0 Å². The number of morpholine rings is 1. The third kappa shape index (κ3) is 3.18. The highest BCUT2D eigenvalue weighted by Gasteiger charge is 2.26. The molecule has 1 saturated heterocycles. The molecule has 0 radical (unpaired) electrons. The van der Waals surface area contributed by atoms with Crippen molar-refractivity contribution in [2.75, 3.05) is 31.2 Å². The van der Waals surface area contributed by atoms with Gasteiger partial charge in [0, 0.05) is 36.5 Å². The van der Waals surface area contributed by atoms with Gasteiger partial charge in [0.15, 0.2) is 0 Å². The number of hydrogen-bond acceptors (Lipinski definition) is 7. The molecule has 1 aromatic rings. The Labute approximate surface area is 108 Å². The first kappa shape index (κ1) is 13.7. The molecule has 1 heterocycles. The highest BCUT2D eigenvalue weighted by atomic mass is 16.7. The largest absolute Gasteiger partial charge is 0.378 e. The Morgan fingerprint density at radius 2 is 1.84 bits per heavy atom. The van der Waals surface area contributed by atoms with E-state index >= 15 is 0 Å². The fourth-order valence-corrected chi connectivity index (χ4v) is 1.90. The summed E-state index contributed by atoms with van der Waals surface area (Å²) in [6, 6.07) is 3.54. The predicted molar refractivity (Wildman–Crippen MR) is 64.5 cm³/mol. The zero-order valence-electron chi connectivity index (χ0n) is 10.0. The zero-order valence-corrected chi connectivity index (χ0v) is 10.0. The SMILES string of the molecule is O=[N+]([O-])c1cc(N2CCOCC2)cc(C(O)(O)O)c1. The van der Waals surface area contributed by atoms with E-state index < -0.39 is 10.9 Å². The summed E-state index contributed by atoms with van der Waals surface area (Å²) in [7, 11) is 0. The van der Waals surface area contributed by atoms with Crippen molar-refractivity contribution in [2.45, 2.75) is 5.97 Å². The fraction of sp³-hybridized carbons (Fsp3) is 0.455. The molecule has 0 spiro atoms. The summed E-state index contributed by atoms with van der Waals surface area (Å²) in [5.41, 5.74) is -0.224. The van der Waals surface area contributed by atoms with Crippen LogP contribution in [0, 0.1) is 10.1 Å². The predicted octanol–water partition coefficient (Wildman–Crippen LogP) is -0.481.